The van der Waals surface area contributed by atoms with Crippen LogP contribution < -0.4 is 5.32 Å². The lowest BCUT2D eigenvalue weighted by Crippen LogP contribution is -2.32. The summed E-state index contributed by atoms with van der Waals surface area (Å²) in [6.07, 6.45) is 11.7. The van der Waals surface area contributed by atoms with Gasteiger partial charge in [-0.1, -0.05) is 42.8 Å². The molecule has 3 amide bonds. The maximum absolute atomic E-state index is 12.5. The number of anilines is 1. The lowest BCUT2D eigenvalue weighted by Gasteiger charge is -2.15. The molecule has 6 heteroatoms. The predicted octanol–water partition coefficient (Wildman–Crippen LogP) is 4.32. The molecular weight excluding hydrogens is 384 g/mol. The molecule has 29 heavy (non-hydrogen) atoms. The number of nitrogens with one attached hydrogen (secondary N) is 1. The number of hydrogen-bond acceptors (Lipinski definition) is 4. The van der Waals surface area contributed by atoms with Crippen LogP contribution in [0.2, 0.25) is 0 Å². The van der Waals surface area contributed by atoms with Crippen LogP contribution in [0.15, 0.2) is 54.1 Å². The highest BCUT2D eigenvalue weighted by Crippen LogP contribution is 2.28. The molecule has 154 valence electrons. The summed E-state index contributed by atoms with van der Waals surface area (Å²) in [7, 11) is 0. The third-order valence-electron chi connectivity index (χ3n) is 5.07. The van der Waals surface area contributed by atoms with E-state index in [9.17, 15) is 14.4 Å². The first kappa shape index (κ1) is 21.4. The first-order valence-electron chi connectivity index (χ1n) is 10.3. The van der Waals surface area contributed by atoms with Gasteiger partial charge in [-0.05, 0) is 43.4 Å². The Kier molecular flexibility index (Phi) is 8.11. The molecule has 1 N–H and O–H groups in total. The van der Waals surface area contributed by atoms with Crippen molar-refractivity contribution in [2.24, 2.45) is 0 Å². The van der Waals surface area contributed by atoms with Gasteiger partial charge in [-0.25, -0.2) is 0 Å². The Balaban J connectivity index is 1.32. The van der Waals surface area contributed by atoms with E-state index < -0.39 is 0 Å². The molecule has 0 bridgehead atoms. The Morgan fingerprint density at radius 1 is 1.10 bits per heavy atom. The largest absolute Gasteiger partial charge is 0.326 e. The van der Waals surface area contributed by atoms with Crippen LogP contribution in [0.5, 0.6) is 0 Å². The van der Waals surface area contributed by atoms with Crippen LogP contribution in [0.1, 0.15) is 44.9 Å². The fourth-order valence-corrected chi connectivity index (χ4v) is 4.60. The first-order chi connectivity index (χ1) is 14.1. The van der Waals surface area contributed by atoms with E-state index in [0.717, 1.165) is 43.5 Å². The van der Waals surface area contributed by atoms with Crippen LogP contribution in [-0.4, -0.2) is 40.2 Å². The Morgan fingerprint density at radius 2 is 1.93 bits per heavy atom. The number of amides is 3. The van der Waals surface area contributed by atoms with E-state index in [1.807, 2.05) is 30.3 Å². The van der Waals surface area contributed by atoms with Crippen LogP contribution in [0, 0.1) is 0 Å². The van der Waals surface area contributed by atoms with Crippen molar-refractivity contribution >= 4 is 35.2 Å². The van der Waals surface area contributed by atoms with Gasteiger partial charge in [0.2, 0.25) is 17.7 Å². The topological polar surface area (TPSA) is 66.5 Å². The van der Waals surface area contributed by atoms with Gasteiger partial charge in [0.25, 0.3) is 0 Å². The highest BCUT2D eigenvalue weighted by atomic mass is 32.2. The number of rotatable bonds is 10. The summed E-state index contributed by atoms with van der Waals surface area (Å²) in [5.74, 6) is 0.654. The molecule has 2 aliphatic rings. The van der Waals surface area contributed by atoms with E-state index in [-0.39, 0.29) is 23.0 Å². The summed E-state index contributed by atoms with van der Waals surface area (Å²) in [6, 6.07) is 9.39. The molecule has 1 saturated heterocycles. The fraction of sp³-hybridized carbons (Fsp3) is 0.435. The SMILES string of the molecule is O=C(CCCCCN1C(=O)CC(SCC2=CCCC=C2)C1=O)Nc1ccccc1. The zero-order valence-electron chi connectivity index (χ0n) is 16.6. The van der Waals surface area contributed by atoms with Crippen molar-refractivity contribution in [1.82, 2.24) is 4.90 Å². The van der Waals surface area contributed by atoms with Gasteiger partial charge < -0.3 is 5.32 Å². The number of carbonyl (C=O) groups is 3. The number of benzene rings is 1. The van der Waals surface area contributed by atoms with Gasteiger partial charge in [-0.15, -0.1) is 11.8 Å². The maximum Gasteiger partial charge on any atom is 0.242 e. The van der Waals surface area contributed by atoms with E-state index >= 15 is 0 Å². The number of thioether (sulfide) groups is 1. The molecule has 1 aliphatic heterocycles. The molecule has 0 radical (unpaired) electrons. The quantitative estimate of drug-likeness (QED) is 0.459. The van der Waals surface area contributed by atoms with E-state index in [1.165, 1.54) is 10.5 Å². The summed E-state index contributed by atoms with van der Waals surface area (Å²) >= 11 is 1.57. The first-order valence-corrected chi connectivity index (χ1v) is 11.3. The third-order valence-corrected chi connectivity index (χ3v) is 6.34. The van der Waals surface area contributed by atoms with Crippen molar-refractivity contribution in [3.63, 3.8) is 0 Å². The minimum Gasteiger partial charge on any atom is -0.326 e. The smallest absolute Gasteiger partial charge is 0.242 e. The van der Waals surface area contributed by atoms with Crippen LogP contribution >= 0.6 is 11.8 Å². The van der Waals surface area contributed by atoms with Crippen LogP contribution in [0.3, 0.4) is 0 Å². The van der Waals surface area contributed by atoms with Crippen LogP contribution in [-0.2, 0) is 14.4 Å². The van der Waals surface area contributed by atoms with Crippen molar-refractivity contribution in [3.05, 3.63) is 54.1 Å². The summed E-state index contributed by atoms with van der Waals surface area (Å²) in [5.41, 5.74) is 2.04. The normalized spacial score (nSPS) is 18.8. The average molecular weight is 413 g/mol. The lowest BCUT2D eigenvalue weighted by atomic mass is 10.1. The summed E-state index contributed by atoms with van der Waals surface area (Å²) in [4.78, 5) is 38.1. The molecule has 1 unspecified atom stereocenters. The number of unbranched alkanes of at least 4 members (excludes halogenated alkanes) is 2. The second-order valence-corrected chi connectivity index (χ2v) is 8.56. The van der Waals surface area contributed by atoms with Crippen LogP contribution in [0.25, 0.3) is 0 Å². The molecule has 1 aromatic rings. The lowest BCUT2D eigenvalue weighted by molar-refractivity contribution is -0.138. The van der Waals surface area contributed by atoms with Crippen molar-refractivity contribution in [3.8, 4) is 0 Å². The van der Waals surface area contributed by atoms with E-state index in [4.69, 9.17) is 0 Å². The van der Waals surface area contributed by atoms with Crippen LogP contribution in [0.4, 0.5) is 5.69 Å². The average Bonchev–Trinajstić information content (AvgIpc) is 3.01. The van der Waals surface area contributed by atoms with Gasteiger partial charge in [0.05, 0.1) is 5.25 Å². The standard InChI is InChI=1S/C23H28N2O3S/c26-21(24-19-12-6-2-7-13-19)14-8-3-9-15-25-22(27)16-20(23(25)28)29-17-18-10-4-1-5-11-18/h2,4,6-7,10-13,20H,1,3,5,8-9,14-17H2,(H,24,26). The molecule has 1 atom stereocenters. The number of hydrogen-bond donors (Lipinski definition) is 1. The highest BCUT2D eigenvalue weighted by molar-refractivity contribution is 8.00. The molecule has 0 spiro atoms. The molecular formula is C23H28N2O3S. The second-order valence-electron chi connectivity index (χ2n) is 7.37. The number of nitrogens with zero attached hydrogens (tertiary/aromatic N) is 1. The fourth-order valence-electron chi connectivity index (χ4n) is 3.47. The minimum absolute atomic E-state index is 0.00736. The molecule has 1 aliphatic carbocycles. The number of carbonyl (C=O) groups excluding carboxylic acids is 3. The Bertz CT molecular complexity index is 789. The molecule has 0 saturated carbocycles. The van der Waals surface area contributed by atoms with E-state index in [2.05, 4.69) is 23.5 Å². The molecule has 1 aromatic carbocycles. The molecule has 0 aromatic heterocycles. The molecule has 3 rings (SSSR count). The van der Waals surface area contributed by atoms with Crippen molar-refractivity contribution < 1.29 is 14.4 Å². The highest BCUT2D eigenvalue weighted by Gasteiger charge is 2.38. The second kappa shape index (κ2) is 11.0. The van der Waals surface area contributed by atoms with E-state index in [1.54, 1.807) is 11.8 Å². The van der Waals surface area contributed by atoms with Gasteiger partial charge in [-0.2, -0.15) is 0 Å². The predicted molar refractivity (Wildman–Crippen MR) is 118 cm³/mol. The van der Waals surface area contributed by atoms with Gasteiger partial charge >= 0.3 is 0 Å². The molecule has 1 fully saturated rings. The maximum atomic E-state index is 12.5. The monoisotopic (exact) mass is 412 g/mol. The number of allylic oxidation sites excluding steroid dienone is 3. The summed E-state index contributed by atoms with van der Waals surface area (Å²) in [5, 5.41) is 2.61. The number of para-hydroxylation sites is 1. The summed E-state index contributed by atoms with van der Waals surface area (Å²) in [6.45, 7) is 0.456. The Labute approximate surface area is 176 Å². The van der Waals surface area contributed by atoms with Gasteiger partial charge in [0, 0.05) is 30.8 Å². The molecule has 1 heterocycles. The van der Waals surface area contributed by atoms with Crippen molar-refractivity contribution in [2.45, 2.75) is 50.2 Å². The van der Waals surface area contributed by atoms with Crippen molar-refractivity contribution in [2.75, 3.05) is 17.6 Å². The Morgan fingerprint density at radius 3 is 2.69 bits per heavy atom. The Hall–Kier alpha value is -2.34. The zero-order chi connectivity index (χ0) is 20.5. The van der Waals surface area contributed by atoms with Crippen molar-refractivity contribution in [1.29, 1.82) is 0 Å². The van der Waals surface area contributed by atoms with E-state index in [0.29, 0.717) is 19.4 Å². The zero-order valence-corrected chi connectivity index (χ0v) is 17.5. The number of likely N-dealkylation sites (tertiary alicyclic amines) is 1. The molecule has 5 nitrogen and oxygen atoms in total. The summed E-state index contributed by atoms with van der Waals surface area (Å²) < 4.78 is 0. The van der Waals surface area contributed by atoms with Gasteiger partial charge in [0.15, 0.2) is 0 Å². The minimum atomic E-state index is -0.254. The number of imide groups is 1. The van der Waals surface area contributed by atoms with Gasteiger partial charge in [-0.3, -0.25) is 19.3 Å². The van der Waals surface area contributed by atoms with Gasteiger partial charge in [0.1, 0.15) is 0 Å². The third kappa shape index (κ3) is 6.60.